The smallest absolute Gasteiger partial charge is 0.0716 e. The van der Waals surface area contributed by atoms with Crippen LogP contribution in [0.25, 0.3) is 83.4 Å². The van der Waals surface area contributed by atoms with Gasteiger partial charge in [0.25, 0.3) is 0 Å². The highest BCUT2D eigenvalue weighted by Crippen LogP contribution is 2.56. The molecule has 0 atom stereocenters. The van der Waals surface area contributed by atoms with Gasteiger partial charge in [0.1, 0.15) is 0 Å². The first kappa shape index (κ1) is 35.4. The summed E-state index contributed by atoms with van der Waals surface area (Å²) in [5, 5.41) is 2.49. The van der Waals surface area contributed by atoms with E-state index < -0.39 is 0 Å². The van der Waals surface area contributed by atoms with E-state index >= 15 is 0 Å². The Balaban J connectivity index is 0.944. The number of rotatable bonds is 5. The molecule has 284 valence electrons. The number of hydrogen-bond acceptors (Lipinski definition) is 3. The predicted molar refractivity (Wildman–Crippen MR) is 253 cm³/mol. The number of nitrogens with zero attached hydrogens (tertiary/aromatic N) is 2. The van der Waals surface area contributed by atoms with Crippen LogP contribution in [0, 0.1) is 0 Å². The molecule has 0 fully saturated rings. The summed E-state index contributed by atoms with van der Waals surface area (Å²) in [6, 6.07) is 71.0. The van der Waals surface area contributed by atoms with E-state index in [1.54, 1.807) is 0 Å². The lowest BCUT2D eigenvalue weighted by Gasteiger charge is -2.24. The molecule has 4 heteroatoms. The summed E-state index contributed by atoms with van der Waals surface area (Å²) in [5.41, 5.74) is 17.8. The second-order valence-electron chi connectivity index (χ2n) is 16.4. The molecule has 8 aromatic carbocycles. The van der Waals surface area contributed by atoms with Crippen molar-refractivity contribution in [1.29, 1.82) is 0 Å². The minimum atomic E-state index is -0.111. The van der Waals surface area contributed by atoms with Gasteiger partial charge in [0, 0.05) is 52.6 Å². The van der Waals surface area contributed by atoms with Crippen molar-refractivity contribution in [3.8, 4) is 61.6 Å². The monoisotopic (exact) mass is 802 g/mol. The lowest BCUT2D eigenvalue weighted by Crippen LogP contribution is -2.15. The summed E-state index contributed by atoms with van der Waals surface area (Å²) < 4.78 is 2.41. The van der Waals surface area contributed by atoms with Gasteiger partial charge in [0.2, 0.25) is 0 Å². The average molecular weight is 803 g/mol. The van der Waals surface area contributed by atoms with Gasteiger partial charge in [-0.15, -0.1) is 0 Å². The van der Waals surface area contributed by atoms with Crippen LogP contribution in [0.4, 0.5) is 0 Å². The van der Waals surface area contributed by atoms with Crippen molar-refractivity contribution in [2.75, 3.05) is 0 Å². The summed E-state index contributed by atoms with van der Waals surface area (Å²) in [6.45, 7) is 4.78. The van der Waals surface area contributed by atoms with Gasteiger partial charge in [-0.25, -0.2) is 4.98 Å². The predicted octanol–water partition coefficient (Wildman–Crippen LogP) is 15.8. The van der Waals surface area contributed by atoms with Crippen molar-refractivity contribution in [2.45, 2.75) is 38.8 Å². The van der Waals surface area contributed by atoms with Crippen LogP contribution in [0.2, 0.25) is 0 Å². The van der Waals surface area contributed by atoms with Crippen LogP contribution in [0.15, 0.2) is 214 Å². The molecule has 1 aliphatic carbocycles. The maximum absolute atomic E-state index is 5.26. The summed E-state index contributed by atoms with van der Waals surface area (Å²) in [4.78, 5) is 10.7. The van der Waals surface area contributed by atoms with Crippen LogP contribution in [0.5, 0.6) is 0 Å². The second kappa shape index (κ2) is 13.7. The molecule has 2 nitrogen and oxygen atoms in total. The molecular formula is C56H38N2S2. The average Bonchev–Trinajstić information content (AvgIpc) is 3.75. The molecule has 2 aromatic heterocycles. The van der Waals surface area contributed by atoms with Crippen molar-refractivity contribution in [3.63, 3.8) is 0 Å². The first-order valence-electron chi connectivity index (χ1n) is 20.5. The topological polar surface area (TPSA) is 17.8 Å². The highest BCUT2D eigenvalue weighted by Gasteiger charge is 2.37. The van der Waals surface area contributed by atoms with Gasteiger partial charge < -0.3 is 4.57 Å². The molecule has 0 radical (unpaired) electrons. The quantitative estimate of drug-likeness (QED) is 0.173. The first-order chi connectivity index (χ1) is 29.5. The Hall–Kier alpha value is -6.59. The summed E-state index contributed by atoms with van der Waals surface area (Å²) in [6.07, 6.45) is 0. The molecule has 2 aliphatic rings. The normalized spacial score (nSPS) is 13.5. The standard InChI is InChI=1S/C56H38N2S2/c1-56(2)46-30-38(24-26-42(46)44-33-54-55(34-47(44)56)60-53-23-12-11-22-52(53)59-54)37-25-27-51-45(29-37)43-20-9-10-21-50(43)58(51)41-19-13-18-39(28-41)49-32-40(35-14-5-3-6-15-35)31-48(57-49)36-16-7-4-8-17-36/h3-34H,1-2H3. The number of para-hydroxylation sites is 1. The van der Waals surface area contributed by atoms with E-state index in [1.807, 2.05) is 23.5 Å². The number of benzene rings is 8. The highest BCUT2D eigenvalue weighted by atomic mass is 32.2. The lowest BCUT2D eigenvalue weighted by molar-refractivity contribution is 0.658. The zero-order chi connectivity index (χ0) is 40.0. The number of pyridine rings is 1. The number of hydrogen-bond donors (Lipinski definition) is 0. The zero-order valence-corrected chi connectivity index (χ0v) is 34.8. The minimum Gasteiger partial charge on any atom is -0.309 e. The lowest BCUT2D eigenvalue weighted by atomic mass is 9.81. The maximum atomic E-state index is 5.26. The van der Waals surface area contributed by atoms with E-state index in [0.717, 1.165) is 33.8 Å². The molecule has 0 spiro atoms. The van der Waals surface area contributed by atoms with Crippen molar-refractivity contribution < 1.29 is 0 Å². The zero-order valence-electron chi connectivity index (χ0n) is 33.2. The Kier molecular flexibility index (Phi) is 8.10. The third-order valence-electron chi connectivity index (χ3n) is 12.4. The molecule has 0 amide bonds. The third-order valence-corrected chi connectivity index (χ3v) is 15.0. The first-order valence-corrected chi connectivity index (χ1v) is 22.2. The molecule has 60 heavy (non-hydrogen) atoms. The van der Waals surface area contributed by atoms with Gasteiger partial charge >= 0.3 is 0 Å². The van der Waals surface area contributed by atoms with Crippen molar-refractivity contribution in [1.82, 2.24) is 9.55 Å². The molecule has 12 rings (SSSR count). The number of aromatic nitrogens is 2. The minimum absolute atomic E-state index is 0.111. The van der Waals surface area contributed by atoms with E-state index in [4.69, 9.17) is 4.98 Å². The molecule has 0 N–H and O–H groups in total. The maximum Gasteiger partial charge on any atom is 0.0716 e. The fourth-order valence-corrected chi connectivity index (χ4v) is 11.7. The molecule has 3 heterocycles. The fourth-order valence-electron chi connectivity index (χ4n) is 9.40. The van der Waals surface area contributed by atoms with E-state index in [1.165, 1.54) is 80.3 Å². The summed E-state index contributed by atoms with van der Waals surface area (Å²) in [5.74, 6) is 0. The Morgan fingerprint density at radius 1 is 0.383 bits per heavy atom. The molecule has 10 aromatic rings. The fraction of sp³-hybridized carbons (Fsp3) is 0.0536. The van der Waals surface area contributed by atoms with Crippen LogP contribution in [0.1, 0.15) is 25.0 Å². The van der Waals surface area contributed by atoms with E-state index in [9.17, 15) is 0 Å². The van der Waals surface area contributed by atoms with Gasteiger partial charge in [0.05, 0.1) is 22.4 Å². The SMILES string of the molecule is CC1(C)c2cc(-c3ccc4c(c3)c3ccccc3n4-c3cccc(-c4cc(-c5ccccc5)cc(-c5ccccc5)n4)c3)ccc2-c2cc3c(cc21)Sc1ccccc1S3. The summed E-state index contributed by atoms with van der Waals surface area (Å²) >= 11 is 3.80. The van der Waals surface area contributed by atoms with E-state index in [-0.39, 0.29) is 5.41 Å². The van der Waals surface area contributed by atoms with Crippen LogP contribution in [0.3, 0.4) is 0 Å². The van der Waals surface area contributed by atoms with E-state index in [2.05, 4.69) is 213 Å². The Morgan fingerprint density at radius 2 is 0.983 bits per heavy atom. The van der Waals surface area contributed by atoms with Gasteiger partial charge in [-0.1, -0.05) is 159 Å². The van der Waals surface area contributed by atoms with Crippen LogP contribution in [-0.4, -0.2) is 9.55 Å². The van der Waals surface area contributed by atoms with Crippen molar-refractivity contribution >= 4 is 45.3 Å². The Labute approximate surface area is 358 Å². The van der Waals surface area contributed by atoms with Crippen LogP contribution >= 0.6 is 23.5 Å². The van der Waals surface area contributed by atoms with Crippen molar-refractivity contribution in [3.05, 3.63) is 205 Å². The summed E-state index contributed by atoms with van der Waals surface area (Å²) in [7, 11) is 0. The van der Waals surface area contributed by atoms with Crippen LogP contribution < -0.4 is 0 Å². The highest BCUT2D eigenvalue weighted by molar-refractivity contribution is 8.05. The number of fused-ring (bicyclic) bond motifs is 8. The molecule has 1 aliphatic heterocycles. The van der Waals surface area contributed by atoms with Gasteiger partial charge in [-0.3, -0.25) is 0 Å². The molecule has 0 saturated heterocycles. The second-order valence-corrected chi connectivity index (χ2v) is 18.5. The van der Waals surface area contributed by atoms with Crippen molar-refractivity contribution in [2.24, 2.45) is 0 Å². The van der Waals surface area contributed by atoms with Gasteiger partial charge in [0.15, 0.2) is 0 Å². The Bertz CT molecular complexity index is 3290. The van der Waals surface area contributed by atoms with Gasteiger partial charge in [-0.05, 0) is 117 Å². The molecule has 0 bridgehead atoms. The third kappa shape index (κ3) is 5.70. The molecule has 0 saturated carbocycles. The Morgan fingerprint density at radius 3 is 1.77 bits per heavy atom. The van der Waals surface area contributed by atoms with E-state index in [0.29, 0.717) is 0 Å². The molecular weight excluding hydrogens is 765 g/mol. The molecule has 0 unspecified atom stereocenters. The van der Waals surface area contributed by atoms with Crippen LogP contribution in [-0.2, 0) is 5.41 Å². The largest absolute Gasteiger partial charge is 0.309 e. The van der Waals surface area contributed by atoms with Gasteiger partial charge in [-0.2, -0.15) is 0 Å².